The standard InChI is InChI=1S/C14H14N2O5/c17-13(18)8-16(7-9-3-4-9)14(19)10-6-12(21-15-10)11-2-1-5-20-11/h1-2,5-6,9H,3-4,7-8H2,(H,17,18). The third-order valence-electron chi connectivity index (χ3n) is 3.28. The molecule has 7 heteroatoms. The van der Waals surface area contributed by atoms with Crippen LogP contribution in [0, 0.1) is 5.92 Å². The Morgan fingerprint density at radius 2 is 2.19 bits per heavy atom. The number of furan rings is 1. The summed E-state index contributed by atoms with van der Waals surface area (Å²) >= 11 is 0. The van der Waals surface area contributed by atoms with Crippen molar-refractivity contribution < 1.29 is 23.6 Å². The third-order valence-corrected chi connectivity index (χ3v) is 3.28. The maximum atomic E-state index is 12.3. The highest BCUT2D eigenvalue weighted by Crippen LogP contribution is 2.30. The molecule has 1 saturated carbocycles. The molecular weight excluding hydrogens is 276 g/mol. The van der Waals surface area contributed by atoms with Gasteiger partial charge in [-0.2, -0.15) is 0 Å². The summed E-state index contributed by atoms with van der Waals surface area (Å²) in [5.41, 5.74) is 0.0864. The minimum absolute atomic E-state index is 0.0864. The van der Waals surface area contributed by atoms with Crippen LogP contribution < -0.4 is 0 Å². The number of amides is 1. The van der Waals surface area contributed by atoms with Crippen molar-refractivity contribution in [2.45, 2.75) is 12.8 Å². The zero-order chi connectivity index (χ0) is 14.8. The van der Waals surface area contributed by atoms with Crippen LogP contribution in [0.1, 0.15) is 23.3 Å². The molecule has 110 valence electrons. The molecule has 0 spiro atoms. The van der Waals surface area contributed by atoms with Gasteiger partial charge in [0.05, 0.1) is 6.26 Å². The van der Waals surface area contributed by atoms with E-state index < -0.39 is 11.9 Å². The Kier molecular flexibility index (Phi) is 3.47. The van der Waals surface area contributed by atoms with Gasteiger partial charge in [-0.1, -0.05) is 5.16 Å². The Hall–Kier alpha value is -2.57. The van der Waals surface area contributed by atoms with E-state index in [1.54, 1.807) is 12.1 Å². The number of carbonyl (C=O) groups is 2. The molecule has 0 bridgehead atoms. The zero-order valence-corrected chi connectivity index (χ0v) is 11.2. The molecule has 1 aliphatic rings. The molecule has 0 radical (unpaired) electrons. The average Bonchev–Trinajstić information content (AvgIpc) is 2.96. The third kappa shape index (κ3) is 3.13. The van der Waals surface area contributed by atoms with Crippen LogP contribution in [0.4, 0.5) is 0 Å². The summed E-state index contributed by atoms with van der Waals surface area (Å²) in [4.78, 5) is 24.5. The SMILES string of the molecule is O=C(O)CN(CC1CC1)C(=O)c1cc(-c2ccco2)on1. The van der Waals surface area contributed by atoms with Crippen LogP contribution in [0.15, 0.2) is 33.4 Å². The van der Waals surface area contributed by atoms with E-state index in [4.69, 9.17) is 14.0 Å². The Balaban J connectivity index is 1.76. The molecule has 7 nitrogen and oxygen atoms in total. The Morgan fingerprint density at radius 3 is 2.81 bits per heavy atom. The Bertz CT molecular complexity index is 642. The molecule has 21 heavy (non-hydrogen) atoms. The van der Waals surface area contributed by atoms with Gasteiger partial charge >= 0.3 is 5.97 Å². The summed E-state index contributed by atoms with van der Waals surface area (Å²) in [6.07, 6.45) is 3.54. The lowest BCUT2D eigenvalue weighted by Gasteiger charge is -2.18. The highest BCUT2D eigenvalue weighted by molar-refractivity contribution is 5.94. The van der Waals surface area contributed by atoms with Crippen LogP contribution in [0.5, 0.6) is 0 Å². The van der Waals surface area contributed by atoms with Crippen molar-refractivity contribution in [3.8, 4) is 11.5 Å². The van der Waals surface area contributed by atoms with E-state index in [9.17, 15) is 9.59 Å². The maximum Gasteiger partial charge on any atom is 0.323 e. The molecule has 2 aromatic heterocycles. The lowest BCUT2D eigenvalue weighted by molar-refractivity contribution is -0.137. The molecule has 1 amide bonds. The number of carbonyl (C=O) groups excluding carboxylic acids is 1. The molecule has 2 heterocycles. The fourth-order valence-corrected chi connectivity index (χ4v) is 2.07. The lowest BCUT2D eigenvalue weighted by Crippen LogP contribution is -2.37. The van der Waals surface area contributed by atoms with Crippen molar-refractivity contribution in [1.29, 1.82) is 0 Å². The van der Waals surface area contributed by atoms with Gasteiger partial charge in [-0.05, 0) is 30.9 Å². The van der Waals surface area contributed by atoms with Crippen LogP contribution in [-0.2, 0) is 4.79 Å². The second-order valence-electron chi connectivity index (χ2n) is 5.08. The van der Waals surface area contributed by atoms with Crippen molar-refractivity contribution in [2.75, 3.05) is 13.1 Å². The Labute approximate surface area is 120 Å². The second kappa shape index (κ2) is 5.43. The van der Waals surface area contributed by atoms with Gasteiger partial charge in [0.1, 0.15) is 6.54 Å². The number of aromatic nitrogens is 1. The predicted octanol–water partition coefficient (Wildman–Crippen LogP) is 1.87. The van der Waals surface area contributed by atoms with Gasteiger partial charge in [-0.15, -0.1) is 0 Å². The summed E-state index contributed by atoms with van der Waals surface area (Å²) in [6, 6.07) is 4.85. The molecular formula is C14H14N2O5. The summed E-state index contributed by atoms with van der Waals surface area (Å²) in [5, 5.41) is 12.6. The topological polar surface area (TPSA) is 96.8 Å². The quantitative estimate of drug-likeness (QED) is 0.872. The highest BCUT2D eigenvalue weighted by atomic mass is 16.5. The summed E-state index contributed by atoms with van der Waals surface area (Å²) in [7, 11) is 0. The fraction of sp³-hybridized carbons (Fsp3) is 0.357. The molecule has 3 rings (SSSR count). The highest BCUT2D eigenvalue weighted by Gasteiger charge is 2.30. The first-order chi connectivity index (χ1) is 10.1. The van der Waals surface area contributed by atoms with Crippen LogP contribution >= 0.6 is 0 Å². The number of aliphatic carboxylic acids is 1. The molecule has 1 aliphatic carbocycles. The van der Waals surface area contributed by atoms with E-state index in [1.165, 1.54) is 17.2 Å². The molecule has 2 aromatic rings. The fourth-order valence-electron chi connectivity index (χ4n) is 2.07. The summed E-state index contributed by atoms with van der Waals surface area (Å²) in [6.45, 7) is 0.104. The number of nitrogens with zero attached hydrogens (tertiary/aromatic N) is 2. The lowest BCUT2D eigenvalue weighted by atomic mass is 10.2. The summed E-state index contributed by atoms with van der Waals surface area (Å²) in [5.74, 6) is -0.284. The van der Waals surface area contributed by atoms with Gasteiger partial charge in [-0.3, -0.25) is 9.59 Å². The molecule has 0 aliphatic heterocycles. The number of rotatable bonds is 6. The van der Waals surface area contributed by atoms with Crippen molar-refractivity contribution in [3.05, 3.63) is 30.2 Å². The molecule has 1 fully saturated rings. The van der Waals surface area contributed by atoms with Crippen LogP contribution in [-0.4, -0.2) is 40.1 Å². The van der Waals surface area contributed by atoms with Crippen LogP contribution in [0.25, 0.3) is 11.5 Å². The Morgan fingerprint density at radius 1 is 1.38 bits per heavy atom. The van der Waals surface area contributed by atoms with Gasteiger partial charge < -0.3 is 18.9 Å². The summed E-state index contributed by atoms with van der Waals surface area (Å²) < 4.78 is 10.2. The smallest absolute Gasteiger partial charge is 0.323 e. The van der Waals surface area contributed by atoms with Crippen LogP contribution in [0.2, 0.25) is 0 Å². The van der Waals surface area contributed by atoms with Gasteiger partial charge in [0, 0.05) is 12.6 Å². The second-order valence-corrected chi connectivity index (χ2v) is 5.08. The van der Waals surface area contributed by atoms with Crippen LogP contribution in [0.3, 0.4) is 0 Å². The van der Waals surface area contributed by atoms with Crippen molar-refractivity contribution in [2.24, 2.45) is 5.92 Å². The first-order valence-corrected chi connectivity index (χ1v) is 6.65. The molecule has 0 saturated heterocycles. The molecule has 0 aromatic carbocycles. The normalized spacial score (nSPS) is 14.1. The average molecular weight is 290 g/mol. The van der Waals surface area contributed by atoms with E-state index in [0.29, 0.717) is 24.0 Å². The monoisotopic (exact) mass is 290 g/mol. The minimum Gasteiger partial charge on any atom is -0.480 e. The van der Waals surface area contributed by atoms with E-state index in [-0.39, 0.29) is 12.2 Å². The van der Waals surface area contributed by atoms with Crippen molar-refractivity contribution in [1.82, 2.24) is 10.1 Å². The zero-order valence-electron chi connectivity index (χ0n) is 11.2. The van der Waals surface area contributed by atoms with E-state index in [2.05, 4.69) is 5.16 Å². The first-order valence-electron chi connectivity index (χ1n) is 6.65. The van der Waals surface area contributed by atoms with E-state index in [0.717, 1.165) is 12.8 Å². The van der Waals surface area contributed by atoms with E-state index in [1.807, 2.05) is 0 Å². The number of carboxylic acid groups (broad SMARTS) is 1. The van der Waals surface area contributed by atoms with Crippen molar-refractivity contribution in [3.63, 3.8) is 0 Å². The first kappa shape index (κ1) is 13.4. The number of hydrogen-bond acceptors (Lipinski definition) is 5. The number of hydrogen-bond donors (Lipinski definition) is 1. The predicted molar refractivity (Wildman–Crippen MR) is 70.5 cm³/mol. The molecule has 0 atom stereocenters. The maximum absolute atomic E-state index is 12.3. The van der Waals surface area contributed by atoms with Gasteiger partial charge in [0.2, 0.25) is 5.76 Å². The van der Waals surface area contributed by atoms with Crippen molar-refractivity contribution >= 4 is 11.9 Å². The largest absolute Gasteiger partial charge is 0.480 e. The van der Waals surface area contributed by atoms with Gasteiger partial charge in [-0.25, -0.2) is 0 Å². The molecule has 1 N–H and O–H groups in total. The minimum atomic E-state index is -1.04. The number of carboxylic acids is 1. The van der Waals surface area contributed by atoms with Gasteiger partial charge in [0.25, 0.3) is 5.91 Å². The van der Waals surface area contributed by atoms with Gasteiger partial charge in [0.15, 0.2) is 11.5 Å². The molecule has 0 unspecified atom stereocenters. The van der Waals surface area contributed by atoms with E-state index >= 15 is 0 Å².